The van der Waals surface area contributed by atoms with Crippen LogP contribution in [-0.2, 0) is 0 Å². The molecule has 18 heavy (non-hydrogen) atoms. The maximum absolute atomic E-state index is 13.5. The molecule has 0 amide bonds. The molecule has 2 aromatic rings. The predicted octanol–water partition coefficient (Wildman–Crippen LogP) is 5.74. The maximum Gasteiger partial charge on any atom is 0.239 e. The third-order valence-electron chi connectivity index (χ3n) is 1.95. The molecule has 0 N–H and O–H groups in total. The number of rotatable bonds is 2. The molecule has 1 aromatic heterocycles. The molecule has 2 rings (SSSR count). The lowest BCUT2D eigenvalue weighted by molar-refractivity contribution is 0.427. The summed E-state index contributed by atoms with van der Waals surface area (Å²) < 4.78 is 19.4. The van der Waals surface area contributed by atoms with Crippen LogP contribution in [0.3, 0.4) is 0 Å². The fraction of sp³-hybridized carbons (Fsp3) is 0. The van der Waals surface area contributed by atoms with E-state index in [0.29, 0.717) is 4.47 Å². The summed E-state index contributed by atoms with van der Waals surface area (Å²) in [6, 6.07) is 5.64. The molecule has 0 aliphatic carbocycles. The van der Waals surface area contributed by atoms with Crippen molar-refractivity contribution in [3.05, 3.63) is 49.8 Å². The van der Waals surface area contributed by atoms with E-state index >= 15 is 0 Å². The Bertz CT molecular complexity index is 609. The second-order valence-corrected chi connectivity index (χ2v) is 5.31. The van der Waals surface area contributed by atoms with Crippen molar-refractivity contribution in [3.8, 4) is 11.6 Å². The summed E-state index contributed by atoms with van der Waals surface area (Å²) in [5, 5.41) is 0.374. The molecule has 7 heteroatoms. The van der Waals surface area contributed by atoms with E-state index in [0.717, 1.165) is 0 Å². The first-order chi connectivity index (χ1) is 8.47. The van der Waals surface area contributed by atoms with Gasteiger partial charge in [-0.15, -0.1) is 0 Å². The van der Waals surface area contributed by atoms with Gasteiger partial charge in [-0.1, -0.05) is 50.7 Å². The van der Waals surface area contributed by atoms with Crippen molar-refractivity contribution >= 4 is 50.7 Å². The molecule has 0 unspecified atom stereocenters. The molecule has 0 atom stereocenters. The Morgan fingerprint density at radius 1 is 1.11 bits per heavy atom. The van der Waals surface area contributed by atoms with Crippen LogP contribution in [0.15, 0.2) is 28.7 Å². The first-order valence-corrected chi connectivity index (χ1v) is 6.54. The third-order valence-corrected chi connectivity index (χ3v) is 3.39. The molecular formula is C11H4BrCl3FNO. The van der Waals surface area contributed by atoms with Gasteiger partial charge in [-0.2, -0.15) is 4.98 Å². The first-order valence-electron chi connectivity index (χ1n) is 4.62. The van der Waals surface area contributed by atoms with Gasteiger partial charge in [-0.05, 0) is 24.3 Å². The highest BCUT2D eigenvalue weighted by atomic mass is 79.9. The van der Waals surface area contributed by atoms with Gasteiger partial charge in [0.2, 0.25) is 5.88 Å². The predicted molar refractivity (Wildman–Crippen MR) is 73.4 cm³/mol. The number of halogens is 5. The average Bonchev–Trinajstić information content (AvgIpc) is 2.30. The smallest absolute Gasteiger partial charge is 0.239 e. The maximum atomic E-state index is 13.5. The van der Waals surface area contributed by atoms with E-state index in [1.54, 1.807) is 6.07 Å². The number of benzene rings is 1. The fourth-order valence-electron chi connectivity index (χ4n) is 1.16. The Kier molecular flexibility index (Phi) is 4.33. The van der Waals surface area contributed by atoms with Crippen molar-refractivity contribution < 1.29 is 9.13 Å². The van der Waals surface area contributed by atoms with Gasteiger partial charge in [-0.25, -0.2) is 4.39 Å². The second-order valence-electron chi connectivity index (χ2n) is 3.22. The van der Waals surface area contributed by atoms with Crippen LogP contribution in [0, 0.1) is 5.82 Å². The highest BCUT2D eigenvalue weighted by molar-refractivity contribution is 9.10. The van der Waals surface area contributed by atoms with E-state index in [1.165, 1.54) is 18.2 Å². The van der Waals surface area contributed by atoms with Crippen molar-refractivity contribution in [2.45, 2.75) is 0 Å². The summed E-state index contributed by atoms with van der Waals surface area (Å²) >= 11 is 20.6. The van der Waals surface area contributed by atoms with Crippen LogP contribution in [-0.4, -0.2) is 4.98 Å². The molecule has 0 aliphatic rings. The standard InChI is InChI=1S/C11H4BrCl3FNO/c12-5-1-2-8(16)9(3-5)18-11-7(14)4-6(13)10(15)17-11/h1-4H. The Labute approximate surface area is 126 Å². The van der Waals surface area contributed by atoms with Crippen LogP contribution < -0.4 is 4.74 Å². The zero-order valence-electron chi connectivity index (χ0n) is 8.55. The van der Waals surface area contributed by atoms with Gasteiger partial charge in [0.15, 0.2) is 16.7 Å². The molecule has 0 radical (unpaired) electrons. The van der Waals surface area contributed by atoms with E-state index in [4.69, 9.17) is 39.5 Å². The van der Waals surface area contributed by atoms with Crippen LogP contribution in [0.5, 0.6) is 11.6 Å². The highest BCUT2D eigenvalue weighted by Crippen LogP contribution is 2.34. The minimum Gasteiger partial charge on any atom is -0.434 e. The Morgan fingerprint density at radius 2 is 1.83 bits per heavy atom. The quantitative estimate of drug-likeness (QED) is 0.629. The molecule has 0 fully saturated rings. The van der Waals surface area contributed by atoms with E-state index in [1.807, 2.05) is 0 Å². The highest BCUT2D eigenvalue weighted by Gasteiger charge is 2.12. The van der Waals surface area contributed by atoms with E-state index in [2.05, 4.69) is 20.9 Å². The zero-order valence-corrected chi connectivity index (χ0v) is 12.4. The third kappa shape index (κ3) is 3.06. The van der Waals surface area contributed by atoms with Gasteiger partial charge in [0, 0.05) is 4.47 Å². The van der Waals surface area contributed by atoms with E-state index < -0.39 is 5.82 Å². The van der Waals surface area contributed by atoms with Crippen LogP contribution in [0.2, 0.25) is 15.2 Å². The lowest BCUT2D eigenvalue weighted by Crippen LogP contribution is -1.93. The molecule has 0 saturated heterocycles. The summed E-state index contributed by atoms with van der Waals surface area (Å²) in [5.41, 5.74) is 0. The molecule has 0 aliphatic heterocycles. The average molecular weight is 371 g/mol. The van der Waals surface area contributed by atoms with Gasteiger partial charge in [0.05, 0.1) is 5.02 Å². The lowest BCUT2D eigenvalue weighted by Gasteiger charge is -2.08. The summed E-state index contributed by atoms with van der Waals surface area (Å²) in [6.07, 6.45) is 0. The SMILES string of the molecule is Fc1ccc(Br)cc1Oc1nc(Cl)c(Cl)cc1Cl. The topological polar surface area (TPSA) is 22.1 Å². The monoisotopic (exact) mass is 369 g/mol. The number of hydrogen-bond acceptors (Lipinski definition) is 2. The van der Waals surface area contributed by atoms with E-state index in [-0.39, 0.29) is 26.8 Å². The van der Waals surface area contributed by atoms with Gasteiger partial charge >= 0.3 is 0 Å². The summed E-state index contributed by atoms with van der Waals surface area (Å²) in [4.78, 5) is 3.84. The lowest BCUT2D eigenvalue weighted by atomic mass is 10.3. The zero-order chi connectivity index (χ0) is 13.3. The molecule has 0 saturated carbocycles. The van der Waals surface area contributed by atoms with Gasteiger partial charge < -0.3 is 4.74 Å². The van der Waals surface area contributed by atoms with Crippen molar-refractivity contribution in [1.82, 2.24) is 4.98 Å². The fourth-order valence-corrected chi connectivity index (χ4v) is 2.03. The molecule has 0 bridgehead atoms. The number of ether oxygens (including phenoxy) is 1. The van der Waals surface area contributed by atoms with Gasteiger partial charge in [0.1, 0.15) is 5.02 Å². The van der Waals surface area contributed by atoms with Gasteiger partial charge in [0.25, 0.3) is 0 Å². The number of aromatic nitrogens is 1. The van der Waals surface area contributed by atoms with Crippen molar-refractivity contribution in [2.24, 2.45) is 0 Å². The molecule has 1 aromatic carbocycles. The minimum absolute atomic E-state index is 0.0110. The molecule has 94 valence electrons. The van der Waals surface area contributed by atoms with E-state index in [9.17, 15) is 4.39 Å². The van der Waals surface area contributed by atoms with Crippen molar-refractivity contribution in [1.29, 1.82) is 0 Å². The Morgan fingerprint density at radius 3 is 2.56 bits per heavy atom. The van der Waals surface area contributed by atoms with Crippen molar-refractivity contribution in [3.63, 3.8) is 0 Å². The van der Waals surface area contributed by atoms with Crippen LogP contribution >= 0.6 is 50.7 Å². The Hall–Kier alpha value is -0.550. The summed E-state index contributed by atoms with van der Waals surface area (Å²) in [5.74, 6) is -0.567. The van der Waals surface area contributed by atoms with Crippen molar-refractivity contribution in [2.75, 3.05) is 0 Å². The largest absolute Gasteiger partial charge is 0.434 e. The normalized spacial score (nSPS) is 10.5. The van der Waals surface area contributed by atoms with Gasteiger partial charge in [-0.3, -0.25) is 0 Å². The molecule has 2 nitrogen and oxygen atoms in total. The summed E-state index contributed by atoms with van der Waals surface area (Å²) in [6.45, 7) is 0. The number of nitrogens with zero attached hydrogens (tertiary/aromatic N) is 1. The Balaban J connectivity index is 2.40. The second kappa shape index (κ2) is 5.61. The minimum atomic E-state index is -0.540. The van der Waals surface area contributed by atoms with Crippen LogP contribution in [0.25, 0.3) is 0 Å². The van der Waals surface area contributed by atoms with Crippen LogP contribution in [0.4, 0.5) is 4.39 Å². The molecular weight excluding hydrogens is 367 g/mol. The number of pyridine rings is 1. The molecule has 0 spiro atoms. The number of hydrogen-bond donors (Lipinski definition) is 0. The first kappa shape index (κ1) is 13.9. The van der Waals surface area contributed by atoms with Crippen LogP contribution in [0.1, 0.15) is 0 Å². The molecule has 1 heterocycles. The summed E-state index contributed by atoms with van der Waals surface area (Å²) in [7, 11) is 0.